The van der Waals surface area contributed by atoms with E-state index in [1.54, 1.807) is 12.1 Å². The van der Waals surface area contributed by atoms with Crippen molar-refractivity contribution in [3.8, 4) is 0 Å². The number of nitro groups is 1. The van der Waals surface area contributed by atoms with Crippen molar-refractivity contribution in [2.75, 3.05) is 5.75 Å². The molecule has 3 aromatic rings. The fraction of sp³-hybridized carbons (Fsp3) is 0.105. The number of nitrogens with zero attached hydrogens (tertiary/aromatic N) is 3. The van der Waals surface area contributed by atoms with Gasteiger partial charge in [-0.1, -0.05) is 15.9 Å². The van der Waals surface area contributed by atoms with Gasteiger partial charge in [-0.05, 0) is 48.9 Å². The van der Waals surface area contributed by atoms with Crippen LogP contribution in [0.1, 0.15) is 11.3 Å². The van der Waals surface area contributed by atoms with Crippen LogP contribution in [-0.4, -0.2) is 27.8 Å². The molecular formula is C19H15BrN4O3S. The third-order valence-electron chi connectivity index (χ3n) is 3.73. The minimum Gasteiger partial charge on any atom is -0.272 e. The van der Waals surface area contributed by atoms with Crippen LogP contribution >= 0.6 is 27.7 Å². The molecule has 0 aliphatic heterocycles. The fourth-order valence-electron chi connectivity index (χ4n) is 2.45. The van der Waals surface area contributed by atoms with Crippen LogP contribution in [0, 0.1) is 17.0 Å². The van der Waals surface area contributed by atoms with Crippen LogP contribution < -0.4 is 5.43 Å². The molecule has 0 spiro atoms. The number of benzene rings is 2. The molecule has 0 atom stereocenters. The Hall–Kier alpha value is -2.78. The number of carbonyl (C=O) groups excluding carboxylic acids is 1. The van der Waals surface area contributed by atoms with E-state index in [1.807, 2.05) is 31.2 Å². The first-order valence-corrected chi connectivity index (χ1v) is 9.96. The minimum atomic E-state index is -0.469. The van der Waals surface area contributed by atoms with Crippen LogP contribution in [-0.2, 0) is 4.79 Å². The monoisotopic (exact) mass is 458 g/mol. The molecule has 1 aromatic heterocycles. The molecule has 1 amide bonds. The van der Waals surface area contributed by atoms with Gasteiger partial charge in [0.1, 0.15) is 0 Å². The Labute approximate surface area is 173 Å². The standard InChI is InChI=1S/C19H15BrN4O3S/c1-12-8-18(16-9-14(20)4-7-17(16)22-12)28-11-19(25)23-21-10-13-2-5-15(6-3-13)24(26)27/h2-10H,11H2,1H3,(H,23,25). The number of amides is 1. The van der Waals surface area contributed by atoms with Crippen LogP contribution in [0.15, 0.2) is 63.0 Å². The number of carbonyl (C=O) groups is 1. The number of hydrogen-bond donors (Lipinski definition) is 1. The third kappa shape index (κ3) is 5.14. The van der Waals surface area contributed by atoms with E-state index in [0.717, 1.165) is 26.0 Å². The molecule has 0 aliphatic rings. The smallest absolute Gasteiger partial charge is 0.269 e. The average molecular weight is 459 g/mol. The van der Waals surface area contributed by atoms with E-state index >= 15 is 0 Å². The maximum absolute atomic E-state index is 12.1. The first kappa shape index (κ1) is 20.0. The molecular weight excluding hydrogens is 444 g/mol. The first-order chi connectivity index (χ1) is 13.4. The molecule has 0 radical (unpaired) electrons. The number of halogens is 1. The molecule has 0 bridgehead atoms. The Morgan fingerprint density at radius 1 is 1.29 bits per heavy atom. The number of thioether (sulfide) groups is 1. The van der Waals surface area contributed by atoms with E-state index in [9.17, 15) is 14.9 Å². The van der Waals surface area contributed by atoms with E-state index < -0.39 is 4.92 Å². The second-order valence-electron chi connectivity index (χ2n) is 5.85. The summed E-state index contributed by atoms with van der Waals surface area (Å²) in [5.74, 6) is -0.0522. The van der Waals surface area contributed by atoms with Gasteiger partial charge in [0, 0.05) is 32.6 Å². The summed E-state index contributed by atoms with van der Waals surface area (Å²) in [4.78, 5) is 27.7. The summed E-state index contributed by atoms with van der Waals surface area (Å²) in [6, 6.07) is 13.7. The largest absolute Gasteiger partial charge is 0.272 e. The lowest BCUT2D eigenvalue weighted by molar-refractivity contribution is -0.384. The van der Waals surface area contributed by atoms with Crippen LogP contribution in [0.3, 0.4) is 0 Å². The number of fused-ring (bicyclic) bond motifs is 1. The van der Waals surface area contributed by atoms with E-state index in [1.165, 1.54) is 30.1 Å². The van der Waals surface area contributed by atoms with E-state index in [0.29, 0.717) is 5.56 Å². The predicted octanol–water partition coefficient (Wildman–Crippen LogP) is 4.46. The highest BCUT2D eigenvalue weighted by molar-refractivity contribution is 9.10. The molecule has 9 heteroatoms. The molecule has 3 rings (SSSR count). The number of nitrogens with one attached hydrogen (secondary N) is 1. The van der Waals surface area contributed by atoms with Crippen molar-refractivity contribution in [3.63, 3.8) is 0 Å². The maximum Gasteiger partial charge on any atom is 0.269 e. The van der Waals surface area contributed by atoms with Gasteiger partial charge in [0.2, 0.25) is 5.91 Å². The van der Waals surface area contributed by atoms with Crippen molar-refractivity contribution in [1.82, 2.24) is 10.4 Å². The maximum atomic E-state index is 12.1. The van der Waals surface area contributed by atoms with Crippen molar-refractivity contribution in [2.24, 2.45) is 5.10 Å². The van der Waals surface area contributed by atoms with Crippen LogP contribution in [0.25, 0.3) is 10.9 Å². The lowest BCUT2D eigenvalue weighted by Gasteiger charge is -2.07. The van der Waals surface area contributed by atoms with E-state index in [4.69, 9.17) is 0 Å². The summed E-state index contributed by atoms with van der Waals surface area (Å²) in [7, 11) is 0. The highest BCUT2D eigenvalue weighted by Crippen LogP contribution is 2.29. The molecule has 0 aliphatic carbocycles. The SMILES string of the molecule is Cc1cc(SCC(=O)NN=Cc2ccc([N+](=O)[O-])cc2)c2cc(Br)ccc2n1. The number of aryl methyl sites for hydroxylation is 1. The van der Waals surface area contributed by atoms with Gasteiger partial charge in [-0.2, -0.15) is 5.10 Å². The molecule has 1 heterocycles. The summed E-state index contributed by atoms with van der Waals surface area (Å²) >= 11 is 4.87. The summed E-state index contributed by atoms with van der Waals surface area (Å²) < 4.78 is 0.949. The zero-order valence-electron chi connectivity index (χ0n) is 14.8. The summed E-state index contributed by atoms with van der Waals surface area (Å²) in [6.07, 6.45) is 1.44. The van der Waals surface area contributed by atoms with E-state index in [-0.39, 0.29) is 17.3 Å². The number of aromatic nitrogens is 1. The number of nitro benzene ring substituents is 1. The summed E-state index contributed by atoms with van der Waals surface area (Å²) in [5, 5.41) is 15.5. The average Bonchev–Trinajstić information content (AvgIpc) is 2.67. The number of hydrazone groups is 1. The van der Waals surface area contributed by atoms with Crippen molar-refractivity contribution >= 4 is 56.4 Å². The first-order valence-electron chi connectivity index (χ1n) is 8.18. The molecule has 7 nitrogen and oxygen atoms in total. The predicted molar refractivity (Wildman–Crippen MR) is 114 cm³/mol. The van der Waals surface area contributed by atoms with Crippen molar-refractivity contribution in [3.05, 3.63) is 74.4 Å². The highest BCUT2D eigenvalue weighted by Gasteiger charge is 2.08. The van der Waals surface area contributed by atoms with Gasteiger partial charge in [-0.25, -0.2) is 5.43 Å². The number of non-ortho nitro benzene ring substituents is 1. The van der Waals surface area contributed by atoms with Crippen molar-refractivity contribution in [2.45, 2.75) is 11.8 Å². The Morgan fingerprint density at radius 3 is 2.75 bits per heavy atom. The van der Waals surface area contributed by atoms with Gasteiger partial charge < -0.3 is 0 Å². The quantitative estimate of drug-likeness (QED) is 0.254. The van der Waals surface area contributed by atoms with Gasteiger partial charge in [0.25, 0.3) is 5.69 Å². The molecule has 28 heavy (non-hydrogen) atoms. The third-order valence-corrected chi connectivity index (χ3v) is 5.27. The highest BCUT2D eigenvalue weighted by atomic mass is 79.9. The van der Waals surface area contributed by atoms with Crippen molar-refractivity contribution < 1.29 is 9.72 Å². The van der Waals surface area contributed by atoms with Crippen molar-refractivity contribution in [1.29, 1.82) is 0 Å². The van der Waals surface area contributed by atoms with Crippen LogP contribution in [0.4, 0.5) is 5.69 Å². The van der Waals surface area contributed by atoms with E-state index in [2.05, 4.69) is 31.4 Å². The number of rotatable bonds is 6. The molecule has 1 N–H and O–H groups in total. The van der Waals surface area contributed by atoms with Gasteiger partial charge in [-0.15, -0.1) is 11.8 Å². The zero-order valence-corrected chi connectivity index (χ0v) is 17.2. The normalized spacial score (nSPS) is 11.1. The Kier molecular flexibility index (Phi) is 6.37. The summed E-state index contributed by atoms with van der Waals surface area (Å²) in [5.41, 5.74) is 4.88. The molecule has 142 valence electrons. The Bertz CT molecular complexity index is 1070. The Balaban J connectivity index is 1.61. The fourth-order valence-corrected chi connectivity index (χ4v) is 3.73. The molecule has 0 saturated heterocycles. The second kappa shape index (κ2) is 8.94. The zero-order chi connectivity index (χ0) is 20.1. The minimum absolute atomic E-state index is 0.00379. The lowest BCUT2D eigenvalue weighted by Crippen LogP contribution is -2.19. The topological polar surface area (TPSA) is 97.5 Å². The van der Waals surface area contributed by atoms with Crippen LogP contribution in [0.5, 0.6) is 0 Å². The lowest BCUT2D eigenvalue weighted by atomic mass is 10.2. The van der Waals surface area contributed by atoms with Gasteiger partial charge >= 0.3 is 0 Å². The van der Waals surface area contributed by atoms with Gasteiger partial charge in [0.15, 0.2) is 0 Å². The second-order valence-corrected chi connectivity index (χ2v) is 7.79. The van der Waals surface area contributed by atoms with Gasteiger partial charge in [0.05, 0.1) is 22.4 Å². The number of pyridine rings is 1. The van der Waals surface area contributed by atoms with Crippen LogP contribution in [0.2, 0.25) is 0 Å². The summed E-state index contributed by atoms with van der Waals surface area (Å²) in [6.45, 7) is 1.92. The van der Waals surface area contributed by atoms with Gasteiger partial charge in [-0.3, -0.25) is 19.9 Å². The Morgan fingerprint density at radius 2 is 2.04 bits per heavy atom. The molecule has 0 saturated carbocycles. The number of hydrogen-bond acceptors (Lipinski definition) is 6. The molecule has 2 aromatic carbocycles. The molecule has 0 unspecified atom stereocenters. The molecule has 0 fully saturated rings.